The predicted molar refractivity (Wildman–Crippen MR) is 45.5 cm³/mol. The Balaban J connectivity index is 1.83. The lowest BCUT2D eigenvalue weighted by Crippen LogP contribution is -2.57. The summed E-state index contributed by atoms with van der Waals surface area (Å²) >= 11 is 2.12. The van der Waals surface area contributed by atoms with Gasteiger partial charge in [-0.2, -0.15) is 11.8 Å². The molecule has 2 heterocycles. The molecule has 2 rings (SSSR count). The summed E-state index contributed by atoms with van der Waals surface area (Å²) < 4.78 is 0. The summed E-state index contributed by atoms with van der Waals surface area (Å²) in [6.07, 6.45) is 1.32. The minimum atomic E-state index is 0.817. The van der Waals surface area contributed by atoms with E-state index in [0.29, 0.717) is 0 Å². The third-order valence-electron chi connectivity index (χ3n) is 2.27. The van der Waals surface area contributed by atoms with Gasteiger partial charge in [-0.1, -0.05) is 0 Å². The van der Waals surface area contributed by atoms with Crippen LogP contribution in [0.15, 0.2) is 0 Å². The van der Waals surface area contributed by atoms with Crippen LogP contribution in [0.1, 0.15) is 6.42 Å². The van der Waals surface area contributed by atoms with Crippen LogP contribution in [0.2, 0.25) is 0 Å². The van der Waals surface area contributed by atoms with Gasteiger partial charge in [0.2, 0.25) is 0 Å². The maximum absolute atomic E-state index is 3.45. The van der Waals surface area contributed by atoms with E-state index in [9.17, 15) is 0 Å². The van der Waals surface area contributed by atoms with Gasteiger partial charge in [0.25, 0.3) is 0 Å². The third kappa shape index (κ3) is 1.31. The van der Waals surface area contributed by atoms with E-state index in [-0.39, 0.29) is 0 Å². The molecule has 10 heavy (non-hydrogen) atoms. The largest absolute Gasteiger partial charge is 0.316 e. The van der Waals surface area contributed by atoms with Crippen molar-refractivity contribution in [1.82, 2.24) is 10.6 Å². The first kappa shape index (κ1) is 6.95. The molecule has 0 radical (unpaired) electrons. The molecule has 2 fully saturated rings. The molecular weight excluding hydrogens is 144 g/mol. The molecule has 0 bridgehead atoms. The van der Waals surface area contributed by atoms with E-state index in [1.807, 2.05) is 0 Å². The summed E-state index contributed by atoms with van der Waals surface area (Å²) in [5.41, 5.74) is 0. The zero-order valence-electron chi connectivity index (χ0n) is 6.10. The SMILES string of the molecule is C1CSC2CNC2CCN1. The highest BCUT2D eigenvalue weighted by atomic mass is 32.2. The normalized spacial score (nSPS) is 40.8. The van der Waals surface area contributed by atoms with Crippen molar-refractivity contribution in [3.63, 3.8) is 0 Å². The van der Waals surface area contributed by atoms with Gasteiger partial charge in [-0.3, -0.25) is 0 Å². The van der Waals surface area contributed by atoms with E-state index in [2.05, 4.69) is 22.4 Å². The van der Waals surface area contributed by atoms with Crippen molar-refractivity contribution >= 4 is 11.8 Å². The molecule has 2 aliphatic rings. The number of thioether (sulfide) groups is 1. The average molecular weight is 158 g/mol. The predicted octanol–water partition coefficient (Wildman–Crippen LogP) is 0.0533. The molecule has 2 unspecified atom stereocenters. The van der Waals surface area contributed by atoms with Crippen LogP contribution in [-0.2, 0) is 0 Å². The van der Waals surface area contributed by atoms with Gasteiger partial charge in [0, 0.05) is 30.1 Å². The molecule has 2 atom stereocenters. The molecule has 2 aliphatic heterocycles. The zero-order chi connectivity index (χ0) is 6.81. The van der Waals surface area contributed by atoms with Crippen molar-refractivity contribution in [1.29, 1.82) is 0 Å². The van der Waals surface area contributed by atoms with Crippen molar-refractivity contribution < 1.29 is 0 Å². The molecule has 0 saturated carbocycles. The van der Waals surface area contributed by atoms with Gasteiger partial charge in [-0.15, -0.1) is 0 Å². The van der Waals surface area contributed by atoms with E-state index < -0.39 is 0 Å². The van der Waals surface area contributed by atoms with Gasteiger partial charge in [0.15, 0.2) is 0 Å². The second kappa shape index (κ2) is 3.11. The molecule has 0 aromatic heterocycles. The fourth-order valence-corrected chi connectivity index (χ4v) is 2.75. The standard InChI is InChI=1S/C7H14N2S/c1-2-8-3-4-10-7-5-9-6(1)7/h6-9H,1-5H2. The Kier molecular flexibility index (Phi) is 2.16. The molecule has 0 aliphatic carbocycles. The molecule has 58 valence electrons. The molecule has 0 aromatic carbocycles. The molecule has 2 nitrogen and oxygen atoms in total. The first-order chi connectivity index (χ1) is 4.97. The van der Waals surface area contributed by atoms with Crippen molar-refractivity contribution in [3.8, 4) is 0 Å². The van der Waals surface area contributed by atoms with Crippen LogP contribution < -0.4 is 10.6 Å². The average Bonchev–Trinajstić information content (AvgIpc) is 1.89. The number of hydrogen-bond donors (Lipinski definition) is 2. The number of rotatable bonds is 0. The van der Waals surface area contributed by atoms with Crippen LogP contribution in [0.4, 0.5) is 0 Å². The summed E-state index contributed by atoms with van der Waals surface area (Å²) in [7, 11) is 0. The van der Waals surface area contributed by atoms with E-state index in [0.717, 1.165) is 11.3 Å². The Morgan fingerprint density at radius 1 is 1.30 bits per heavy atom. The van der Waals surface area contributed by atoms with Crippen molar-refractivity contribution in [3.05, 3.63) is 0 Å². The van der Waals surface area contributed by atoms with E-state index >= 15 is 0 Å². The first-order valence-corrected chi connectivity index (χ1v) is 5.07. The maximum atomic E-state index is 3.45. The summed E-state index contributed by atoms with van der Waals surface area (Å²) in [5.74, 6) is 1.29. The minimum Gasteiger partial charge on any atom is -0.316 e. The molecule has 2 saturated heterocycles. The Hall–Kier alpha value is 0.270. The highest BCUT2D eigenvalue weighted by molar-refractivity contribution is 8.00. The number of nitrogens with one attached hydrogen (secondary N) is 2. The van der Waals surface area contributed by atoms with Gasteiger partial charge >= 0.3 is 0 Å². The third-order valence-corrected chi connectivity index (χ3v) is 3.64. The van der Waals surface area contributed by atoms with Gasteiger partial charge in [-0.05, 0) is 13.0 Å². The van der Waals surface area contributed by atoms with Gasteiger partial charge < -0.3 is 10.6 Å². The van der Waals surface area contributed by atoms with E-state index in [1.54, 1.807) is 0 Å². The summed E-state index contributed by atoms with van der Waals surface area (Å²) in [6, 6.07) is 0.817. The highest BCUT2D eigenvalue weighted by Gasteiger charge is 2.30. The molecule has 0 spiro atoms. The Bertz CT molecular complexity index is 104. The molecule has 3 heteroatoms. The van der Waals surface area contributed by atoms with E-state index in [4.69, 9.17) is 0 Å². The fraction of sp³-hybridized carbons (Fsp3) is 1.00. The quantitative estimate of drug-likeness (QED) is 0.521. The monoisotopic (exact) mass is 158 g/mol. The van der Waals surface area contributed by atoms with Crippen molar-refractivity contribution in [2.45, 2.75) is 17.7 Å². The topological polar surface area (TPSA) is 24.1 Å². The lowest BCUT2D eigenvalue weighted by Gasteiger charge is -2.39. The number of hydrogen-bond acceptors (Lipinski definition) is 3. The molecule has 0 aromatic rings. The molecular formula is C7H14N2S. The van der Waals surface area contributed by atoms with Crippen molar-refractivity contribution in [2.24, 2.45) is 0 Å². The minimum absolute atomic E-state index is 0.817. The Morgan fingerprint density at radius 3 is 3.10 bits per heavy atom. The van der Waals surface area contributed by atoms with Crippen LogP contribution in [0.3, 0.4) is 0 Å². The zero-order valence-corrected chi connectivity index (χ0v) is 6.91. The van der Waals surface area contributed by atoms with Crippen LogP contribution in [-0.4, -0.2) is 36.7 Å². The second-order valence-electron chi connectivity index (χ2n) is 2.96. The Labute approximate surface area is 66.1 Å². The van der Waals surface area contributed by atoms with Gasteiger partial charge in [-0.25, -0.2) is 0 Å². The summed E-state index contributed by atoms with van der Waals surface area (Å²) in [5, 5.41) is 7.80. The lowest BCUT2D eigenvalue weighted by molar-refractivity contribution is 0.355. The smallest absolute Gasteiger partial charge is 0.0326 e. The molecule has 2 N–H and O–H groups in total. The summed E-state index contributed by atoms with van der Waals surface area (Å²) in [6.45, 7) is 3.65. The molecule has 0 amide bonds. The lowest BCUT2D eigenvalue weighted by atomic mass is 10.0. The van der Waals surface area contributed by atoms with Crippen LogP contribution in [0.25, 0.3) is 0 Å². The second-order valence-corrected chi connectivity index (χ2v) is 4.31. The Morgan fingerprint density at radius 2 is 2.30 bits per heavy atom. The maximum Gasteiger partial charge on any atom is 0.0326 e. The van der Waals surface area contributed by atoms with Crippen molar-refractivity contribution in [2.75, 3.05) is 25.4 Å². The van der Waals surface area contributed by atoms with Crippen LogP contribution in [0.5, 0.6) is 0 Å². The van der Waals surface area contributed by atoms with E-state index in [1.165, 1.54) is 31.8 Å². The first-order valence-electron chi connectivity index (χ1n) is 4.02. The summed E-state index contributed by atoms with van der Waals surface area (Å²) in [4.78, 5) is 0. The van der Waals surface area contributed by atoms with Crippen LogP contribution in [0, 0.1) is 0 Å². The fourth-order valence-electron chi connectivity index (χ4n) is 1.51. The highest BCUT2D eigenvalue weighted by Crippen LogP contribution is 2.23. The van der Waals surface area contributed by atoms with Gasteiger partial charge in [0.1, 0.15) is 0 Å². The number of fused-ring (bicyclic) bond motifs is 1. The van der Waals surface area contributed by atoms with Gasteiger partial charge in [0.05, 0.1) is 0 Å². The van der Waals surface area contributed by atoms with Crippen LogP contribution >= 0.6 is 11.8 Å².